The SMILES string of the molecule is C[C@@H]1Sc2ccc(C(=O)Nc3nc4c(s3)CN(Cc3ccccc3)CC4)cc2NC1=O. The number of nitrogens with one attached hydrogen (secondary N) is 2. The van der Waals surface area contributed by atoms with Gasteiger partial charge in [-0.2, -0.15) is 0 Å². The van der Waals surface area contributed by atoms with E-state index in [0.717, 1.165) is 36.6 Å². The average molecular weight is 451 g/mol. The van der Waals surface area contributed by atoms with Crippen LogP contribution in [0, 0.1) is 0 Å². The summed E-state index contributed by atoms with van der Waals surface area (Å²) in [7, 11) is 0. The highest BCUT2D eigenvalue weighted by atomic mass is 32.2. The highest BCUT2D eigenvalue weighted by Crippen LogP contribution is 2.36. The molecule has 158 valence electrons. The second-order valence-electron chi connectivity index (χ2n) is 7.75. The number of hydrogen-bond donors (Lipinski definition) is 2. The summed E-state index contributed by atoms with van der Waals surface area (Å²) in [5.74, 6) is -0.254. The Labute approximate surface area is 189 Å². The molecular formula is C23H22N4O2S2. The topological polar surface area (TPSA) is 74.3 Å². The average Bonchev–Trinajstić information content (AvgIpc) is 3.16. The van der Waals surface area contributed by atoms with Crippen molar-refractivity contribution in [1.29, 1.82) is 0 Å². The predicted molar refractivity (Wildman–Crippen MR) is 125 cm³/mol. The zero-order chi connectivity index (χ0) is 21.4. The molecule has 31 heavy (non-hydrogen) atoms. The van der Waals surface area contributed by atoms with Gasteiger partial charge < -0.3 is 5.32 Å². The van der Waals surface area contributed by atoms with E-state index in [0.29, 0.717) is 16.4 Å². The third kappa shape index (κ3) is 4.37. The molecule has 6 nitrogen and oxygen atoms in total. The Morgan fingerprint density at radius 1 is 1.26 bits per heavy atom. The molecule has 0 bridgehead atoms. The number of rotatable bonds is 4. The van der Waals surface area contributed by atoms with Gasteiger partial charge in [0.2, 0.25) is 5.91 Å². The van der Waals surface area contributed by atoms with Crippen molar-refractivity contribution in [1.82, 2.24) is 9.88 Å². The monoisotopic (exact) mass is 450 g/mol. The van der Waals surface area contributed by atoms with Crippen LogP contribution in [0.4, 0.5) is 10.8 Å². The van der Waals surface area contributed by atoms with Gasteiger partial charge in [0.1, 0.15) is 0 Å². The Bertz CT molecular complexity index is 1150. The molecule has 2 aliphatic heterocycles. The zero-order valence-electron chi connectivity index (χ0n) is 17.1. The van der Waals surface area contributed by atoms with E-state index in [1.54, 1.807) is 23.5 Å². The molecule has 0 saturated heterocycles. The molecule has 3 aromatic rings. The number of carbonyl (C=O) groups is 2. The minimum atomic E-state index is -0.215. The number of fused-ring (bicyclic) bond motifs is 2. The van der Waals surface area contributed by atoms with Gasteiger partial charge in [0, 0.05) is 41.4 Å². The van der Waals surface area contributed by atoms with E-state index in [-0.39, 0.29) is 17.1 Å². The molecule has 5 rings (SSSR count). The minimum absolute atomic E-state index is 0.0392. The van der Waals surface area contributed by atoms with Crippen molar-refractivity contribution in [2.45, 2.75) is 36.6 Å². The summed E-state index contributed by atoms with van der Waals surface area (Å²) in [5, 5.41) is 6.31. The molecule has 0 aliphatic carbocycles. The standard InChI is InChI=1S/C23H22N4O2S2/c1-14-21(28)24-18-11-16(7-8-19(18)30-14)22(29)26-23-25-17-9-10-27(13-20(17)31-23)12-15-5-3-2-4-6-15/h2-8,11,14H,9-10,12-13H2,1H3,(H,24,28)(H,25,26,29)/t14-/m0/s1. The van der Waals surface area contributed by atoms with Crippen LogP contribution in [-0.4, -0.2) is 33.5 Å². The number of benzene rings is 2. The van der Waals surface area contributed by atoms with Gasteiger partial charge in [-0.1, -0.05) is 30.3 Å². The van der Waals surface area contributed by atoms with Crippen LogP contribution < -0.4 is 10.6 Å². The lowest BCUT2D eigenvalue weighted by Gasteiger charge is -2.25. The molecule has 0 radical (unpaired) electrons. The Morgan fingerprint density at radius 2 is 2.10 bits per heavy atom. The maximum absolute atomic E-state index is 12.8. The molecule has 2 N–H and O–H groups in total. The summed E-state index contributed by atoms with van der Waals surface area (Å²) < 4.78 is 0. The molecule has 0 saturated carbocycles. The molecule has 1 aromatic heterocycles. The molecule has 0 unspecified atom stereocenters. The molecule has 0 spiro atoms. The summed E-state index contributed by atoms with van der Waals surface area (Å²) in [4.78, 5) is 34.0. The zero-order valence-corrected chi connectivity index (χ0v) is 18.7. The van der Waals surface area contributed by atoms with Crippen LogP contribution in [0.3, 0.4) is 0 Å². The molecule has 1 atom stereocenters. The fraction of sp³-hybridized carbons (Fsp3) is 0.261. The molecule has 3 heterocycles. The van der Waals surface area contributed by atoms with E-state index >= 15 is 0 Å². The number of carbonyl (C=O) groups excluding carboxylic acids is 2. The van der Waals surface area contributed by atoms with Crippen molar-refractivity contribution in [2.75, 3.05) is 17.2 Å². The van der Waals surface area contributed by atoms with Crippen LogP contribution in [-0.2, 0) is 24.3 Å². The largest absolute Gasteiger partial charge is 0.324 e. The highest BCUT2D eigenvalue weighted by Gasteiger charge is 2.25. The maximum Gasteiger partial charge on any atom is 0.257 e. The Kier molecular flexibility index (Phi) is 5.52. The van der Waals surface area contributed by atoms with Gasteiger partial charge in [0.15, 0.2) is 5.13 Å². The Hall–Kier alpha value is -2.68. The van der Waals surface area contributed by atoms with Crippen molar-refractivity contribution < 1.29 is 9.59 Å². The first kappa shape index (κ1) is 20.2. The van der Waals surface area contributed by atoms with Crippen LogP contribution in [0.5, 0.6) is 0 Å². The van der Waals surface area contributed by atoms with Gasteiger partial charge >= 0.3 is 0 Å². The van der Waals surface area contributed by atoms with Crippen LogP contribution >= 0.6 is 23.1 Å². The van der Waals surface area contributed by atoms with Crippen LogP contribution in [0.2, 0.25) is 0 Å². The molecule has 2 aliphatic rings. The van der Waals surface area contributed by atoms with Crippen LogP contribution in [0.15, 0.2) is 53.4 Å². The van der Waals surface area contributed by atoms with Crippen molar-refractivity contribution in [3.8, 4) is 0 Å². The number of thiazole rings is 1. The predicted octanol–water partition coefficient (Wildman–Crippen LogP) is 4.39. The van der Waals surface area contributed by atoms with E-state index in [4.69, 9.17) is 0 Å². The van der Waals surface area contributed by atoms with E-state index in [1.807, 2.05) is 19.1 Å². The third-order valence-corrected chi connectivity index (χ3v) is 7.63. The van der Waals surface area contributed by atoms with Gasteiger partial charge in [-0.25, -0.2) is 4.98 Å². The summed E-state index contributed by atoms with van der Waals surface area (Å²) >= 11 is 3.05. The molecule has 2 amide bonds. The lowest BCUT2D eigenvalue weighted by Crippen LogP contribution is -2.29. The number of aromatic nitrogens is 1. The van der Waals surface area contributed by atoms with E-state index in [2.05, 4.69) is 44.8 Å². The van der Waals surface area contributed by atoms with Gasteiger partial charge in [-0.3, -0.25) is 19.8 Å². The number of amides is 2. The normalized spacial score (nSPS) is 18.1. The number of hydrogen-bond acceptors (Lipinski definition) is 6. The van der Waals surface area contributed by atoms with Crippen molar-refractivity contribution in [2.24, 2.45) is 0 Å². The Balaban J connectivity index is 1.26. The minimum Gasteiger partial charge on any atom is -0.324 e. The third-order valence-electron chi connectivity index (χ3n) is 5.45. The van der Waals surface area contributed by atoms with Gasteiger partial charge in [0.25, 0.3) is 5.91 Å². The van der Waals surface area contributed by atoms with Gasteiger partial charge in [-0.15, -0.1) is 23.1 Å². The van der Waals surface area contributed by atoms with E-state index in [1.165, 1.54) is 22.2 Å². The smallest absolute Gasteiger partial charge is 0.257 e. The van der Waals surface area contributed by atoms with Crippen LogP contribution in [0.1, 0.15) is 33.4 Å². The first-order chi connectivity index (χ1) is 15.0. The lowest BCUT2D eigenvalue weighted by molar-refractivity contribution is -0.115. The first-order valence-corrected chi connectivity index (χ1v) is 11.9. The second-order valence-corrected chi connectivity index (χ2v) is 10.2. The summed E-state index contributed by atoms with van der Waals surface area (Å²) in [6.07, 6.45) is 0.884. The van der Waals surface area contributed by atoms with Gasteiger partial charge in [0.05, 0.1) is 16.6 Å². The number of nitrogens with zero attached hydrogens (tertiary/aromatic N) is 2. The maximum atomic E-state index is 12.8. The molecular weight excluding hydrogens is 428 g/mol. The van der Waals surface area contributed by atoms with Crippen LogP contribution in [0.25, 0.3) is 0 Å². The fourth-order valence-corrected chi connectivity index (χ4v) is 5.77. The fourth-order valence-electron chi connectivity index (χ4n) is 3.80. The van der Waals surface area contributed by atoms with Gasteiger partial charge in [-0.05, 0) is 30.7 Å². The lowest BCUT2D eigenvalue weighted by atomic mass is 10.1. The Morgan fingerprint density at radius 3 is 2.94 bits per heavy atom. The summed E-state index contributed by atoms with van der Waals surface area (Å²) in [6, 6.07) is 15.9. The van der Waals surface area contributed by atoms with E-state index < -0.39 is 0 Å². The molecule has 0 fully saturated rings. The van der Waals surface area contributed by atoms with Crippen molar-refractivity contribution in [3.63, 3.8) is 0 Å². The highest BCUT2D eigenvalue weighted by molar-refractivity contribution is 8.00. The quantitative estimate of drug-likeness (QED) is 0.617. The van der Waals surface area contributed by atoms with Crippen molar-refractivity contribution in [3.05, 3.63) is 70.2 Å². The number of anilines is 2. The summed E-state index contributed by atoms with van der Waals surface area (Å²) in [5.41, 5.74) is 3.58. The van der Waals surface area contributed by atoms with Crippen molar-refractivity contribution >= 4 is 45.7 Å². The van der Waals surface area contributed by atoms with E-state index in [9.17, 15) is 9.59 Å². The second kappa shape index (κ2) is 8.45. The summed E-state index contributed by atoms with van der Waals surface area (Å²) in [6.45, 7) is 4.59. The first-order valence-electron chi connectivity index (χ1n) is 10.2. The number of thioether (sulfide) groups is 1. The molecule has 2 aromatic carbocycles. The molecule has 8 heteroatoms.